The lowest BCUT2D eigenvalue weighted by Crippen LogP contribution is -2.19. The van der Waals surface area contributed by atoms with Crippen molar-refractivity contribution in [3.63, 3.8) is 0 Å². The van der Waals surface area contributed by atoms with Crippen LogP contribution in [0.2, 0.25) is 0 Å². The average Bonchev–Trinajstić information content (AvgIpc) is 2.58. The quantitative estimate of drug-likeness (QED) is 0.475. The van der Waals surface area contributed by atoms with Crippen LogP contribution in [0, 0.1) is 11.2 Å². The number of hydrogen-bond donors (Lipinski definition) is 1. The fourth-order valence-electron chi connectivity index (χ4n) is 1.71. The minimum Gasteiger partial charge on any atom is -0.468 e. The van der Waals surface area contributed by atoms with Crippen LogP contribution in [0.5, 0.6) is 17.6 Å². The van der Waals surface area contributed by atoms with Gasteiger partial charge in [-0.1, -0.05) is 0 Å². The van der Waals surface area contributed by atoms with Crippen LogP contribution in [0.15, 0.2) is 30.5 Å². The van der Waals surface area contributed by atoms with Gasteiger partial charge in [0.25, 0.3) is 0 Å². The number of carbonyl (C=O) groups excluding carboxylic acids is 1. The molecule has 11 heteroatoms. The summed E-state index contributed by atoms with van der Waals surface area (Å²) in [6.07, 6.45) is -3.49. The Kier molecular flexibility index (Phi) is 5.70. The van der Waals surface area contributed by atoms with Gasteiger partial charge in [0.1, 0.15) is 11.6 Å². The van der Waals surface area contributed by atoms with Gasteiger partial charge < -0.3 is 14.2 Å². The second kappa shape index (κ2) is 7.76. The van der Waals surface area contributed by atoms with Crippen molar-refractivity contribution in [2.24, 2.45) is 0 Å². The molecule has 0 fully saturated rings. The largest absolute Gasteiger partial charge is 0.468 e. The highest BCUT2D eigenvalue weighted by molar-refractivity contribution is 6.42. The lowest BCUT2D eigenvalue weighted by atomic mass is 10.1. The van der Waals surface area contributed by atoms with E-state index in [4.69, 9.17) is 10.1 Å². The molecule has 0 amide bonds. The number of methoxy groups -OCH3 is 1. The summed E-state index contributed by atoms with van der Waals surface area (Å²) in [6, 6.07) is 3.56. The van der Waals surface area contributed by atoms with Gasteiger partial charge in [-0.2, -0.15) is 18.2 Å². The summed E-state index contributed by atoms with van der Waals surface area (Å²) in [5.74, 6) is -2.46. The SMILES string of the molecule is COC(=O)C(=N)c1ccc(F)cc1Oc1nccc(OCC(F)(F)F)n1. The molecule has 1 aromatic carbocycles. The Morgan fingerprint density at radius 2 is 2.00 bits per heavy atom. The smallest absolute Gasteiger partial charge is 0.422 e. The molecule has 7 nitrogen and oxygen atoms in total. The van der Waals surface area contributed by atoms with Crippen LogP contribution in [0.3, 0.4) is 0 Å². The van der Waals surface area contributed by atoms with Gasteiger partial charge in [-0.15, -0.1) is 0 Å². The van der Waals surface area contributed by atoms with Crippen LogP contribution in [-0.4, -0.2) is 41.5 Å². The Morgan fingerprint density at radius 3 is 2.65 bits per heavy atom. The van der Waals surface area contributed by atoms with Crippen LogP contribution < -0.4 is 9.47 Å². The molecule has 2 rings (SSSR count). The molecule has 26 heavy (non-hydrogen) atoms. The first-order valence-corrected chi connectivity index (χ1v) is 6.87. The third-order valence-electron chi connectivity index (χ3n) is 2.80. The van der Waals surface area contributed by atoms with E-state index in [1.54, 1.807) is 0 Å². The van der Waals surface area contributed by atoms with Crippen molar-refractivity contribution < 1.29 is 36.6 Å². The Balaban J connectivity index is 2.27. The Bertz CT molecular complexity index is 827. The van der Waals surface area contributed by atoms with E-state index in [0.717, 1.165) is 37.6 Å². The highest BCUT2D eigenvalue weighted by atomic mass is 19.4. The molecule has 0 aliphatic rings. The van der Waals surface area contributed by atoms with E-state index < -0.39 is 42.2 Å². The first kappa shape index (κ1) is 19.1. The van der Waals surface area contributed by atoms with Gasteiger partial charge in [0, 0.05) is 23.9 Å². The summed E-state index contributed by atoms with van der Waals surface area (Å²) >= 11 is 0. The molecular weight excluding hydrogens is 362 g/mol. The molecule has 0 saturated heterocycles. The maximum absolute atomic E-state index is 13.5. The Hall–Kier alpha value is -3.24. The minimum absolute atomic E-state index is 0.122. The molecule has 2 aromatic rings. The van der Waals surface area contributed by atoms with Crippen molar-refractivity contribution >= 4 is 11.7 Å². The van der Waals surface area contributed by atoms with Crippen LogP contribution in [0.25, 0.3) is 0 Å². The van der Waals surface area contributed by atoms with Gasteiger partial charge in [0.05, 0.1) is 7.11 Å². The second-order valence-electron chi connectivity index (χ2n) is 4.69. The fraction of sp³-hybridized carbons (Fsp3) is 0.200. The third-order valence-corrected chi connectivity index (χ3v) is 2.80. The molecule has 0 atom stereocenters. The van der Waals surface area contributed by atoms with Gasteiger partial charge in [0.15, 0.2) is 12.3 Å². The van der Waals surface area contributed by atoms with Crippen molar-refractivity contribution in [2.45, 2.75) is 6.18 Å². The Labute approximate surface area is 144 Å². The number of hydrogen-bond acceptors (Lipinski definition) is 7. The number of alkyl halides is 3. The van der Waals surface area contributed by atoms with Gasteiger partial charge in [-0.3, -0.25) is 5.41 Å². The molecular formula is C15H11F4N3O4. The van der Waals surface area contributed by atoms with Crippen LogP contribution in [0.4, 0.5) is 17.6 Å². The van der Waals surface area contributed by atoms with E-state index in [-0.39, 0.29) is 11.3 Å². The minimum atomic E-state index is -4.56. The van der Waals surface area contributed by atoms with Gasteiger partial charge in [-0.25, -0.2) is 14.2 Å². The van der Waals surface area contributed by atoms with Gasteiger partial charge >= 0.3 is 18.2 Å². The normalized spacial score (nSPS) is 11.0. The van der Waals surface area contributed by atoms with Crippen molar-refractivity contribution in [1.82, 2.24) is 9.97 Å². The average molecular weight is 373 g/mol. The topological polar surface area (TPSA) is 94.4 Å². The van der Waals surface area contributed by atoms with Crippen LogP contribution in [0.1, 0.15) is 5.56 Å². The summed E-state index contributed by atoms with van der Waals surface area (Å²) < 4.78 is 64.1. The molecule has 0 unspecified atom stereocenters. The van der Waals surface area contributed by atoms with E-state index in [0.29, 0.717) is 0 Å². The van der Waals surface area contributed by atoms with Crippen molar-refractivity contribution in [3.8, 4) is 17.6 Å². The van der Waals surface area contributed by atoms with Crippen molar-refractivity contribution in [1.29, 1.82) is 5.41 Å². The number of halogens is 4. The molecule has 138 valence electrons. The maximum atomic E-state index is 13.5. The molecule has 0 radical (unpaired) electrons. The fourth-order valence-corrected chi connectivity index (χ4v) is 1.71. The lowest BCUT2D eigenvalue weighted by molar-refractivity contribution is -0.154. The van der Waals surface area contributed by atoms with E-state index in [1.165, 1.54) is 0 Å². The number of aromatic nitrogens is 2. The first-order chi connectivity index (χ1) is 12.2. The number of esters is 1. The van der Waals surface area contributed by atoms with E-state index >= 15 is 0 Å². The number of ether oxygens (including phenoxy) is 3. The Morgan fingerprint density at radius 1 is 1.27 bits per heavy atom. The number of carbonyl (C=O) groups is 1. The molecule has 0 bridgehead atoms. The molecule has 0 saturated carbocycles. The molecule has 1 heterocycles. The molecule has 0 aliphatic heterocycles. The monoisotopic (exact) mass is 373 g/mol. The number of benzene rings is 1. The van der Waals surface area contributed by atoms with Gasteiger partial charge in [0.2, 0.25) is 5.88 Å². The predicted octanol–water partition coefficient (Wildman–Crippen LogP) is 2.89. The first-order valence-electron chi connectivity index (χ1n) is 6.87. The molecule has 0 aliphatic carbocycles. The van der Waals surface area contributed by atoms with E-state index in [9.17, 15) is 22.4 Å². The van der Waals surface area contributed by atoms with E-state index in [2.05, 4.69) is 19.4 Å². The van der Waals surface area contributed by atoms with Crippen molar-refractivity contribution in [2.75, 3.05) is 13.7 Å². The van der Waals surface area contributed by atoms with Crippen molar-refractivity contribution in [3.05, 3.63) is 41.8 Å². The standard InChI is InChI=1S/C15H11F4N3O4/c1-24-13(23)12(20)9-3-2-8(16)6-10(9)26-14-21-5-4-11(22-14)25-7-15(17,18)19/h2-6,20H,7H2,1H3. The third kappa shape index (κ3) is 5.13. The lowest BCUT2D eigenvalue weighted by Gasteiger charge is -2.11. The maximum Gasteiger partial charge on any atom is 0.422 e. The number of rotatable bonds is 6. The summed E-state index contributed by atoms with van der Waals surface area (Å²) in [5, 5.41) is 7.72. The second-order valence-corrected chi connectivity index (χ2v) is 4.69. The zero-order chi connectivity index (χ0) is 19.3. The zero-order valence-electron chi connectivity index (χ0n) is 13.1. The summed E-state index contributed by atoms with van der Waals surface area (Å²) in [6.45, 7) is -1.57. The molecule has 0 spiro atoms. The van der Waals surface area contributed by atoms with Crippen LogP contribution >= 0.6 is 0 Å². The number of nitrogens with zero attached hydrogens (tertiary/aromatic N) is 2. The molecule has 1 N–H and O–H groups in total. The summed E-state index contributed by atoms with van der Waals surface area (Å²) in [4.78, 5) is 18.8. The predicted molar refractivity (Wildman–Crippen MR) is 78.9 cm³/mol. The zero-order valence-corrected chi connectivity index (χ0v) is 13.1. The van der Waals surface area contributed by atoms with Gasteiger partial charge in [-0.05, 0) is 12.1 Å². The highest BCUT2D eigenvalue weighted by Crippen LogP contribution is 2.26. The van der Waals surface area contributed by atoms with Crippen LogP contribution in [-0.2, 0) is 9.53 Å². The summed E-state index contributed by atoms with van der Waals surface area (Å²) in [7, 11) is 1.06. The summed E-state index contributed by atoms with van der Waals surface area (Å²) in [5.41, 5.74) is -0.740. The molecule has 1 aromatic heterocycles. The van der Waals surface area contributed by atoms with E-state index in [1.807, 2.05) is 0 Å². The number of nitrogens with one attached hydrogen (secondary N) is 1. The highest BCUT2D eigenvalue weighted by Gasteiger charge is 2.28.